The Bertz CT molecular complexity index is 901. The van der Waals surface area contributed by atoms with Gasteiger partial charge in [-0.25, -0.2) is 0 Å². The van der Waals surface area contributed by atoms with Gasteiger partial charge in [0, 0.05) is 51.5 Å². The normalized spacial score (nSPS) is 20.9. The number of hydrogen-bond acceptors (Lipinski definition) is 7. The van der Waals surface area contributed by atoms with Gasteiger partial charge in [-0.1, -0.05) is 68.7 Å². The second kappa shape index (κ2) is 16.9. The summed E-state index contributed by atoms with van der Waals surface area (Å²) >= 11 is 0. The number of carbonyl (C=O) groups is 4. The van der Waals surface area contributed by atoms with Crippen molar-refractivity contribution < 1.29 is 28.7 Å². The lowest BCUT2D eigenvalue weighted by atomic mass is 9.79. The zero-order valence-electron chi connectivity index (χ0n) is 28.8. The van der Waals surface area contributed by atoms with Crippen molar-refractivity contribution in [3.8, 4) is 0 Å². The molecule has 1 aliphatic rings. The molecule has 1 saturated heterocycles. The Morgan fingerprint density at radius 2 is 1.60 bits per heavy atom. The van der Waals surface area contributed by atoms with Crippen LogP contribution in [0.5, 0.6) is 0 Å². The Kier molecular flexibility index (Phi) is 15.3. The largest absolute Gasteiger partial charge is 0.379 e. The number of carbonyl (C=O) groups excluding carboxylic acids is 4. The molecule has 2 amide bonds. The van der Waals surface area contributed by atoms with Crippen LogP contribution in [0.25, 0.3) is 0 Å². The molecule has 8 atom stereocenters. The summed E-state index contributed by atoms with van der Waals surface area (Å²) in [7, 11) is 6.72. The molecule has 0 bridgehead atoms. The summed E-state index contributed by atoms with van der Waals surface area (Å²) in [5.41, 5.74) is -0.504. The van der Waals surface area contributed by atoms with Crippen molar-refractivity contribution in [3.63, 3.8) is 0 Å². The lowest BCUT2D eigenvalue weighted by Crippen LogP contribution is -2.54. The molecular formula is C33H61N3O6. The van der Waals surface area contributed by atoms with E-state index in [1.165, 1.54) is 0 Å². The minimum absolute atomic E-state index is 0.0206. The van der Waals surface area contributed by atoms with Gasteiger partial charge in [-0.15, -0.1) is 0 Å². The Morgan fingerprint density at radius 1 is 1.00 bits per heavy atom. The first-order chi connectivity index (χ1) is 19.5. The van der Waals surface area contributed by atoms with Crippen molar-refractivity contribution >= 4 is 23.4 Å². The van der Waals surface area contributed by atoms with Crippen LogP contribution in [0.4, 0.5) is 0 Å². The van der Waals surface area contributed by atoms with Gasteiger partial charge in [0.15, 0.2) is 5.78 Å². The van der Waals surface area contributed by atoms with Crippen LogP contribution in [0.15, 0.2) is 0 Å². The van der Waals surface area contributed by atoms with Crippen molar-refractivity contribution in [2.75, 3.05) is 34.9 Å². The molecule has 9 heteroatoms. The van der Waals surface area contributed by atoms with E-state index in [9.17, 15) is 19.2 Å². The van der Waals surface area contributed by atoms with E-state index in [1.807, 2.05) is 46.4 Å². The molecule has 1 fully saturated rings. The lowest BCUT2D eigenvalue weighted by Gasteiger charge is -2.40. The molecule has 244 valence electrons. The fourth-order valence-corrected chi connectivity index (χ4v) is 6.72. The zero-order valence-corrected chi connectivity index (χ0v) is 28.8. The summed E-state index contributed by atoms with van der Waals surface area (Å²) in [5.74, 6) is -0.723. The Morgan fingerprint density at radius 3 is 2.05 bits per heavy atom. The third kappa shape index (κ3) is 9.58. The number of rotatable bonds is 17. The summed E-state index contributed by atoms with van der Waals surface area (Å²) in [6.45, 7) is 18.1. The quantitative estimate of drug-likeness (QED) is 0.266. The van der Waals surface area contributed by atoms with E-state index in [0.717, 1.165) is 19.3 Å². The molecule has 0 spiro atoms. The van der Waals surface area contributed by atoms with Gasteiger partial charge in [-0.3, -0.25) is 19.2 Å². The van der Waals surface area contributed by atoms with Crippen LogP contribution in [-0.4, -0.2) is 98.4 Å². The SMILES string of the molecule is CC[C@H](C)[C@@H]([C@@H](CC(=O)N1CCC[C@H]1[C@H](OC)[C@@H](C)C(=O)C(C)(C)C)OC)N(C)C(=O)[C@H](C)CC(=O)[C@@H](NC)C(C)C. The van der Waals surface area contributed by atoms with Gasteiger partial charge in [-0.05, 0) is 31.7 Å². The molecule has 0 aromatic rings. The predicted octanol–water partition coefficient (Wildman–Crippen LogP) is 4.36. The maximum Gasteiger partial charge on any atom is 0.225 e. The average Bonchev–Trinajstić information content (AvgIpc) is 3.40. The van der Waals surface area contributed by atoms with Crippen molar-refractivity contribution in [1.82, 2.24) is 15.1 Å². The van der Waals surface area contributed by atoms with Crippen molar-refractivity contribution in [3.05, 3.63) is 0 Å². The highest BCUT2D eigenvalue weighted by Crippen LogP contribution is 2.32. The minimum atomic E-state index is -0.527. The van der Waals surface area contributed by atoms with E-state index in [1.54, 1.807) is 40.1 Å². The van der Waals surface area contributed by atoms with E-state index in [4.69, 9.17) is 9.47 Å². The fraction of sp³-hybridized carbons (Fsp3) is 0.879. The van der Waals surface area contributed by atoms with Crippen LogP contribution < -0.4 is 5.32 Å². The first-order valence-corrected chi connectivity index (χ1v) is 15.8. The average molecular weight is 596 g/mol. The molecule has 1 N–H and O–H groups in total. The smallest absolute Gasteiger partial charge is 0.225 e. The number of methoxy groups -OCH3 is 2. The van der Waals surface area contributed by atoms with Crippen molar-refractivity contribution in [2.24, 2.45) is 29.1 Å². The molecule has 0 unspecified atom stereocenters. The maximum atomic E-state index is 13.8. The van der Waals surface area contributed by atoms with Crippen LogP contribution in [0.1, 0.15) is 94.4 Å². The second-order valence-corrected chi connectivity index (χ2v) is 13.8. The summed E-state index contributed by atoms with van der Waals surface area (Å²) in [5, 5.41) is 3.07. The number of Topliss-reactive ketones (excluding diaryl/α,β-unsaturated/α-hetero) is 2. The molecule has 9 nitrogen and oxygen atoms in total. The number of likely N-dealkylation sites (tertiary alicyclic amines) is 1. The second-order valence-electron chi connectivity index (χ2n) is 13.8. The standard InChI is InChI=1S/C33H61N3O6/c1-14-21(4)29(35(11)32(40)22(5)18-25(37)28(34-10)20(2)3)26(41-12)19-27(38)36-17-15-16-24(36)30(42-13)23(6)31(39)33(7,8)9/h20-24,26,28-30,34H,14-19H2,1-13H3/t21-,22+,23+,24-,26+,28-,29-,30+/m0/s1. The number of ether oxygens (including phenoxy) is 2. The first kappa shape index (κ1) is 38.2. The molecule has 1 heterocycles. The third-order valence-electron chi connectivity index (χ3n) is 9.25. The molecule has 0 saturated carbocycles. The summed E-state index contributed by atoms with van der Waals surface area (Å²) in [6, 6.07) is -0.847. The maximum absolute atomic E-state index is 13.8. The molecule has 0 aromatic carbocycles. The number of hydrogen-bond donors (Lipinski definition) is 1. The monoisotopic (exact) mass is 595 g/mol. The van der Waals surface area contributed by atoms with Crippen LogP contribution >= 0.6 is 0 Å². The highest BCUT2D eigenvalue weighted by Gasteiger charge is 2.43. The number of ketones is 2. The first-order valence-electron chi connectivity index (χ1n) is 15.8. The van der Waals surface area contributed by atoms with E-state index in [0.29, 0.717) is 6.54 Å². The third-order valence-corrected chi connectivity index (χ3v) is 9.25. The predicted molar refractivity (Wildman–Crippen MR) is 167 cm³/mol. The number of nitrogens with zero attached hydrogens (tertiary/aromatic N) is 2. The fourth-order valence-electron chi connectivity index (χ4n) is 6.72. The van der Waals surface area contributed by atoms with Crippen molar-refractivity contribution in [1.29, 1.82) is 0 Å². The van der Waals surface area contributed by atoms with Gasteiger partial charge < -0.3 is 24.6 Å². The number of likely N-dealkylation sites (N-methyl/N-ethyl adjacent to an activating group) is 2. The van der Waals surface area contributed by atoms with E-state index in [-0.39, 0.29) is 72.1 Å². The molecule has 0 radical (unpaired) electrons. The highest BCUT2D eigenvalue weighted by atomic mass is 16.5. The molecule has 0 aromatic heterocycles. The summed E-state index contributed by atoms with van der Waals surface area (Å²) in [4.78, 5) is 57.0. The van der Waals surface area contributed by atoms with Gasteiger partial charge >= 0.3 is 0 Å². The van der Waals surface area contributed by atoms with Gasteiger partial charge in [0.05, 0.1) is 36.8 Å². The van der Waals surface area contributed by atoms with Gasteiger partial charge in [0.2, 0.25) is 11.8 Å². The summed E-state index contributed by atoms with van der Waals surface area (Å²) in [6.07, 6.45) is 1.74. The van der Waals surface area contributed by atoms with E-state index >= 15 is 0 Å². The van der Waals surface area contributed by atoms with Gasteiger partial charge in [0.25, 0.3) is 0 Å². The highest BCUT2D eigenvalue weighted by molar-refractivity contribution is 5.90. The van der Waals surface area contributed by atoms with Crippen molar-refractivity contribution in [2.45, 2.75) is 125 Å². The molecular weight excluding hydrogens is 534 g/mol. The molecule has 42 heavy (non-hydrogen) atoms. The van der Waals surface area contributed by atoms with Crippen LogP contribution in [0.3, 0.4) is 0 Å². The zero-order chi connectivity index (χ0) is 32.5. The minimum Gasteiger partial charge on any atom is -0.379 e. The van der Waals surface area contributed by atoms with E-state index < -0.39 is 23.5 Å². The lowest BCUT2D eigenvalue weighted by molar-refractivity contribution is -0.148. The molecule has 0 aliphatic carbocycles. The molecule has 1 aliphatic heterocycles. The van der Waals surface area contributed by atoms with Crippen LogP contribution in [0, 0.1) is 29.1 Å². The Labute approximate surface area is 255 Å². The summed E-state index contributed by atoms with van der Waals surface area (Å²) < 4.78 is 11.8. The van der Waals surface area contributed by atoms with Crippen LogP contribution in [-0.2, 0) is 28.7 Å². The number of amides is 2. The Hall–Kier alpha value is -1.84. The van der Waals surface area contributed by atoms with E-state index in [2.05, 4.69) is 19.2 Å². The van der Waals surface area contributed by atoms with Crippen LogP contribution in [0.2, 0.25) is 0 Å². The number of nitrogens with one attached hydrogen (secondary N) is 1. The Balaban J connectivity index is 3.16. The van der Waals surface area contributed by atoms with Gasteiger partial charge in [-0.2, -0.15) is 0 Å². The molecule has 1 rings (SSSR count). The van der Waals surface area contributed by atoms with Gasteiger partial charge in [0.1, 0.15) is 5.78 Å². The topological polar surface area (TPSA) is 105 Å².